The molecular weight excluding hydrogens is 340 g/mol. The molecule has 0 saturated carbocycles. The smallest absolute Gasteiger partial charge is 0.234 e. The van der Waals surface area contributed by atoms with Crippen molar-refractivity contribution in [1.82, 2.24) is 4.98 Å². The fourth-order valence-corrected chi connectivity index (χ4v) is 3.94. The number of benzene rings is 2. The van der Waals surface area contributed by atoms with Gasteiger partial charge in [-0.15, -0.1) is 0 Å². The van der Waals surface area contributed by atoms with E-state index in [1.165, 1.54) is 22.9 Å². The minimum atomic E-state index is -0.00201. The monoisotopic (exact) mass is 364 g/mol. The number of amides is 1. The summed E-state index contributed by atoms with van der Waals surface area (Å²) in [6, 6.07) is 14.4. The molecule has 0 aliphatic carbocycles. The van der Waals surface area contributed by atoms with Crippen LogP contribution >= 0.6 is 11.8 Å². The zero-order chi connectivity index (χ0) is 18.7. The van der Waals surface area contributed by atoms with Gasteiger partial charge in [0.25, 0.3) is 0 Å². The van der Waals surface area contributed by atoms with E-state index < -0.39 is 0 Å². The van der Waals surface area contributed by atoms with Crippen molar-refractivity contribution in [1.29, 1.82) is 0 Å². The molecule has 3 aromatic rings. The second-order valence-corrected chi connectivity index (χ2v) is 7.58. The Morgan fingerprint density at radius 1 is 1.08 bits per heavy atom. The van der Waals surface area contributed by atoms with Crippen molar-refractivity contribution in [3.8, 4) is 0 Å². The highest BCUT2D eigenvalue weighted by Crippen LogP contribution is 2.27. The molecule has 0 bridgehead atoms. The lowest BCUT2D eigenvalue weighted by Gasteiger charge is -2.11. The van der Waals surface area contributed by atoms with Crippen molar-refractivity contribution >= 4 is 34.3 Å². The second kappa shape index (κ2) is 7.92. The fraction of sp³-hybridized carbons (Fsp3) is 0.273. The quantitative estimate of drug-likeness (QED) is 0.612. The second-order valence-electron chi connectivity index (χ2n) is 6.61. The SMILES string of the molecule is CCc1ccccc1NC(=O)CSc1nc2c(C)cc(C)cc2cc1C. The Kier molecular flexibility index (Phi) is 5.62. The Morgan fingerprint density at radius 2 is 1.85 bits per heavy atom. The van der Waals surface area contributed by atoms with Gasteiger partial charge in [0.1, 0.15) is 5.03 Å². The number of anilines is 1. The van der Waals surface area contributed by atoms with Crippen molar-refractivity contribution < 1.29 is 4.79 Å². The number of pyridine rings is 1. The van der Waals surface area contributed by atoms with E-state index in [2.05, 4.69) is 51.2 Å². The van der Waals surface area contributed by atoms with Gasteiger partial charge in [0.15, 0.2) is 0 Å². The molecule has 1 N–H and O–H groups in total. The number of aryl methyl sites for hydroxylation is 4. The topological polar surface area (TPSA) is 42.0 Å². The molecule has 4 heteroatoms. The predicted molar refractivity (Wildman–Crippen MR) is 111 cm³/mol. The molecule has 0 spiro atoms. The van der Waals surface area contributed by atoms with Gasteiger partial charge in [-0.05, 0) is 62.1 Å². The van der Waals surface area contributed by atoms with E-state index in [4.69, 9.17) is 4.98 Å². The standard InChI is InChI=1S/C22H24N2OS/c1-5-17-8-6-7-9-19(17)23-20(25)13-26-22-16(4)12-18-11-14(2)10-15(3)21(18)24-22/h6-12H,5,13H2,1-4H3,(H,23,25). The van der Waals surface area contributed by atoms with E-state index in [0.717, 1.165) is 39.2 Å². The minimum Gasteiger partial charge on any atom is -0.325 e. The lowest BCUT2D eigenvalue weighted by molar-refractivity contribution is -0.113. The molecule has 2 aromatic carbocycles. The van der Waals surface area contributed by atoms with Crippen LogP contribution in [0, 0.1) is 20.8 Å². The van der Waals surface area contributed by atoms with Crippen LogP contribution in [0.4, 0.5) is 5.69 Å². The van der Waals surface area contributed by atoms with Crippen molar-refractivity contribution in [2.75, 3.05) is 11.1 Å². The number of nitrogens with one attached hydrogen (secondary N) is 1. The van der Waals surface area contributed by atoms with Crippen molar-refractivity contribution in [2.24, 2.45) is 0 Å². The van der Waals surface area contributed by atoms with E-state index >= 15 is 0 Å². The summed E-state index contributed by atoms with van der Waals surface area (Å²) in [6.07, 6.45) is 0.896. The molecule has 1 heterocycles. The Bertz CT molecular complexity index is 966. The Hall–Kier alpha value is -2.33. The molecule has 3 rings (SSSR count). The summed E-state index contributed by atoms with van der Waals surface area (Å²) in [5, 5.41) is 5.10. The van der Waals surface area contributed by atoms with Gasteiger partial charge in [-0.25, -0.2) is 4.98 Å². The van der Waals surface area contributed by atoms with E-state index in [-0.39, 0.29) is 5.91 Å². The van der Waals surface area contributed by atoms with Crippen molar-refractivity contribution in [3.63, 3.8) is 0 Å². The van der Waals surface area contributed by atoms with Crippen LogP contribution in [-0.2, 0) is 11.2 Å². The third-order valence-corrected chi connectivity index (χ3v) is 5.50. The number of fused-ring (bicyclic) bond motifs is 1. The summed E-state index contributed by atoms with van der Waals surface area (Å²) in [4.78, 5) is 17.2. The van der Waals surface area contributed by atoms with Gasteiger partial charge in [0.2, 0.25) is 5.91 Å². The van der Waals surface area contributed by atoms with Gasteiger partial charge in [-0.3, -0.25) is 4.79 Å². The molecule has 0 radical (unpaired) electrons. The first-order chi connectivity index (χ1) is 12.5. The molecule has 1 aromatic heterocycles. The summed E-state index contributed by atoms with van der Waals surface area (Å²) in [7, 11) is 0. The van der Waals surface area contributed by atoms with Crippen LogP contribution in [0.1, 0.15) is 29.2 Å². The van der Waals surface area contributed by atoms with Gasteiger partial charge in [-0.2, -0.15) is 0 Å². The number of nitrogens with zero attached hydrogens (tertiary/aromatic N) is 1. The van der Waals surface area contributed by atoms with Gasteiger partial charge >= 0.3 is 0 Å². The van der Waals surface area contributed by atoms with Gasteiger partial charge in [0.05, 0.1) is 11.3 Å². The van der Waals surface area contributed by atoms with Crippen LogP contribution in [-0.4, -0.2) is 16.6 Å². The number of aromatic nitrogens is 1. The third kappa shape index (κ3) is 4.07. The predicted octanol–water partition coefficient (Wildman–Crippen LogP) is 5.45. The zero-order valence-corrected chi connectivity index (χ0v) is 16.5. The molecule has 3 nitrogen and oxygen atoms in total. The van der Waals surface area contributed by atoms with Crippen molar-refractivity contribution in [3.05, 3.63) is 64.7 Å². The zero-order valence-electron chi connectivity index (χ0n) is 15.7. The van der Waals surface area contributed by atoms with Gasteiger partial charge in [0, 0.05) is 11.1 Å². The summed E-state index contributed by atoms with van der Waals surface area (Å²) >= 11 is 1.49. The molecule has 0 aliphatic heterocycles. The molecule has 26 heavy (non-hydrogen) atoms. The van der Waals surface area contributed by atoms with E-state index in [1.807, 2.05) is 24.3 Å². The van der Waals surface area contributed by atoms with Gasteiger partial charge in [-0.1, -0.05) is 48.5 Å². The maximum Gasteiger partial charge on any atom is 0.234 e. The molecule has 134 valence electrons. The lowest BCUT2D eigenvalue weighted by Crippen LogP contribution is -2.15. The van der Waals surface area contributed by atoms with E-state index in [1.54, 1.807) is 0 Å². The number of hydrogen-bond donors (Lipinski definition) is 1. The molecule has 0 atom stereocenters. The number of thioether (sulfide) groups is 1. The molecule has 0 unspecified atom stereocenters. The van der Waals surface area contributed by atoms with Gasteiger partial charge < -0.3 is 5.32 Å². The average molecular weight is 365 g/mol. The molecule has 0 saturated heterocycles. The third-order valence-electron chi connectivity index (χ3n) is 4.41. The maximum atomic E-state index is 12.4. The Balaban J connectivity index is 1.75. The highest BCUT2D eigenvalue weighted by molar-refractivity contribution is 8.00. The molecule has 0 aliphatic rings. The van der Waals surface area contributed by atoms with Crippen LogP contribution in [0.15, 0.2) is 47.5 Å². The minimum absolute atomic E-state index is 0.00201. The van der Waals surface area contributed by atoms with Crippen LogP contribution in [0.3, 0.4) is 0 Å². The number of carbonyl (C=O) groups excluding carboxylic acids is 1. The number of para-hydroxylation sites is 1. The summed E-state index contributed by atoms with van der Waals surface area (Å²) in [6.45, 7) is 8.33. The molecular formula is C22H24N2OS. The largest absolute Gasteiger partial charge is 0.325 e. The number of rotatable bonds is 5. The summed E-state index contributed by atoms with van der Waals surface area (Å²) in [5.41, 5.74) is 6.58. The molecule has 0 fully saturated rings. The van der Waals surface area contributed by atoms with Crippen LogP contribution in [0.2, 0.25) is 0 Å². The van der Waals surface area contributed by atoms with Crippen LogP contribution < -0.4 is 5.32 Å². The molecule has 1 amide bonds. The van der Waals surface area contributed by atoms with Crippen LogP contribution in [0.25, 0.3) is 10.9 Å². The highest BCUT2D eigenvalue weighted by atomic mass is 32.2. The first-order valence-electron chi connectivity index (χ1n) is 8.87. The average Bonchev–Trinajstić information content (AvgIpc) is 2.60. The van der Waals surface area contributed by atoms with E-state index in [9.17, 15) is 4.79 Å². The van der Waals surface area contributed by atoms with E-state index in [0.29, 0.717) is 5.75 Å². The number of carbonyl (C=O) groups is 1. The first kappa shape index (κ1) is 18.5. The Labute approximate surface area is 159 Å². The maximum absolute atomic E-state index is 12.4. The summed E-state index contributed by atoms with van der Waals surface area (Å²) in [5.74, 6) is 0.347. The fourth-order valence-electron chi connectivity index (χ4n) is 3.16. The summed E-state index contributed by atoms with van der Waals surface area (Å²) < 4.78 is 0. The lowest BCUT2D eigenvalue weighted by atomic mass is 10.1. The van der Waals surface area contributed by atoms with Crippen LogP contribution in [0.5, 0.6) is 0 Å². The Morgan fingerprint density at radius 3 is 2.62 bits per heavy atom. The number of hydrogen-bond acceptors (Lipinski definition) is 3. The van der Waals surface area contributed by atoms with Crippen molar-refractivity contribution in [2.45, 2.75) is 39.1 Å². The normalized spacial score (nSPS) is 10.9. The highest BCUT2D eigenvalue weighted by Gasteiger charge is 2.11. The first-order valence-corrected chi connectivity index (χ1v) is 9.85.